The van der Waals surface area contributed by atoms with Crippen molar-refractivity contribution in [1.82, 2.24) is 0 Å². The molecule has 0 spiro atoms. The van der Waals surface area contributed by atoms with Gasteiger partial charge in [-0.05, 0) is 23.3 Å². The van der Waals surface area contributed by atoms with Crippen LogP contribution in [-0.2, 0) is 6.42 Å². The standard InChI is InChI=1S/C14H8BBrClFO/c15-9-1-7(2-10(16)5-9)13-4-8-3-11(17)12(18)6-14(8)19-13/h1-3,5-6,13H,4H2. The summed E-state index contributed by atoms with van der Waals surface area (Å²) in [5.41, 5.74) is 2.53. The number of halogens is 3. The van der Waals surface area contributed by atoms with Crippen LogP contribution in [-0.4, -0.2) is 7.85 Å². The number of hydrogen-bond donors (Lipinski definition) is 0. The van der Waals surface area contributed by atoms with Gasteiger partial charge in [-0.25, -0.2) is 4.39 Å². The molecule has 5 heteroatoms. The second-order valence-corrected chi connectivity index (χ2v) is 5.83. The Balaban J connectivity index is 1.95. The molecule has 0 fully saturated rings. The fourth-order valence-corrected chi connectivity index (χ4v) is 2.96. The first-order valence-electron chi connectivity index (χ1n) is 5.73. The second-order valence-electron chi connectivity index (χ2n) is 4.50. The summed E-state index contributed by atoms with van der Waals surface area (Å²) >= 11 is 9.18. The van der Waals surface area contributed by atoms with E-state index >= 15 is 0 Å². The van der Waals surface area contributed by atoms with Crippen molar-refractivity contribution in [3.05, 3.63) is 56.8 Å². The van der Waals surface area contributed by atoms with Crippen molar-refractivity contribution in [3.8, 4) is 5.75 Å². The molecular formula is C14H8BBrClFO. The Labute approximate surface area is 125 Å². The zero-order chi connectivity index (χ0) is 13.6. The third-order valence-electron chi connectivity index (χ3n) is 3.09. The van der Waals surface area contributed by atoms with Gasteiger partial charge in [-0.3, -0.25) is 0 Å². The van der Waals surface area contributed by atoms with Crippen LogP contribution in [0, 0.1) is 5.82 Å². The van der Waals surface area contributed by atoms with Gasteiger partial charge in [0.2, 0.25) is 0 Å². The Hall–Kier alpha value is -0.995. The predicted molar refractivity (Wildman–Crippen MR) is 78.0 cm³/mol. The second kappa shape index (κ2) is 4.84. The molecule has 1 aliphatic heterocycles. The normalized spacial score (nSPS) is 17.1. The van der Waals surface area contributed by atoms with Gasteiger partial charge in [0.05, 0.1) is 5.02 Å². The molecule has 0 N–H and O–H groups in total. The molecule has 19 heavy (non-hydrogen) atoms. The maximum atomic E-state index is 13.4. The maximum Gasteiger partial charge on any atom is 0.145 e. The minimum atomic E-state index is -0.463. The lowest BCUT2D eigenvalue weighted by molar-refractivity contribution is 0.238. The lowest BCUT2D eigenvalue weighted by Crippen LogP contribution is -2.09. The van der Waals surface area contributed by atoms with Crippen LogP contribution in [0.5, 0.6) is 5.75 Å². The highest BCUT2D eigenvalue weighted by atomic mass is 79.9. The van der Waals surface area contributed by atoms with Crippen LogP contribution in [0.15, 0.2) is 34.8 Å². The summed E-state index contributed by atoms with van der Waals surface area (Å²) < 4.78 is 20.1. The third-order valence-corrected chi connectivity index (χ3v) is 3.84. The highest BCUT2D eigenvalue weighted by Crippen LogP contribution is 2.39. The monoisotopic (exact) mass is 336 g/mol. The van der Waals surface area contributed by atoms with Gasteiger partial charge in [-0.15, -0.1) is 0 Å². The largest absolute Gasteiger partial charge is 0.485 e. The molecule has 0 saturated carbocycles. The third kappa shape index (κ3) is 2.52. The molecule has 0 aromatic heterocycles. The van der Waals surface area contributed by atoms with Gasteiger partial charge >= 0.3 is 0 Å². The molecule has 0 saturated heterocycles. The first-order valence-corrected chi connectivity index (χ1v) is 6.90. The Bertz CT molecular complexity index is 611. The predicted octanol–water partition coefficient (Wildman–Crippen LogP) is 3.71. The van der Waals surface area contributed by atoms with E-state index in [9.17, 15) is 4.39 Å². The number of ether oxygens (including phenoxy) is 1. The van der Waals surface area contributed by atoms with Crippen LogP contribution < -0.4 is 10.2 Å². The molecule has 2 aromatic carbocycles. The van der Waals surface area contributed by atoms with Gasteiger partial charge in [-0.1, -0.05) is 45.1 Å². The first kappa shape index (κ1) is 13.0. The fourth-order valence-electron chi connectivity index (χ4n) is 2.24. The van der Waals surface area contributed by atoms with Crippen LogP contribution in [0.4, 0.5) is 4.39 Å². The molecule has 0 amide bonds. The number of benzene rings is 2. The van der Waals surface area contributed by atoms with Crippen molar-refractivity contribution in [2.24, 2.45) is 0 Å². The molecule has 1 nitrogen and oxygen atoms in total. The van der Waals surface area contributed by atoms with Gasteiger partial charge in [0.15, 0.2) is 0 Å². The van der Waals surface area contributed by atoms with E-state index in [4.69, 9.17) is 24.2 Å². The summed E-state index contributed by atoms with van der Waals surface area (Å²) in [5.74, 6) is 0.0836. The molecular weight excluding hydrogens is 329 g/mol. The van der Waals surface area contributed by atoms with Gasteiger partial charge in [0.1, 0.15) is 25.5 Å². The lowest BCUT2D eigenvalue weighted by Gasteiger charge is -2.12. The summed E-state index contributed by atoms with van der Waals surface area (Å²) in [4.78, 5) is 0. The first-order chi connectivity index (χ1) is 9.02. The van der Waals surface area contributed by atoms with Crippen molar-refractivity contribution < 1.29 is 9.13 Å². The Morgan fingerprint density at radius 3 is 2.79 bits per heavy atom. The quantitative estimate of drug-likeness (QED) is 0.721. The SMILES string of the molecule is [B]c1cc(Br)cc(C2Cc3cc(Cl)c(F)cc3O2)c1. The van der Waals surface area contributed by atoms with Crippen molar-refractivity contribution in [2.45, 2.75) is 12.5 Å². The molecule has 0 bridgehead atoms. The molecule has 1 aliphatic rings. The van der Waals surface area contributed by atoms with E-state index in [1.807, 2.05) is 18.2 Å². The molecule has 0 aliphatic carbocycles. The van der Waals surface area contributed by atoms with Gasteiger partial charge < -0.3 is 4.74 Å². The van der Waals surface area contributed by atoms with E-state index in [-0.39, 0.29) is 11.1 Å². The van der Waals surface area contributed by atoms with Gasteiger partial charge in [0, 0.05) is 17.0 Å². The molecule has 1 unspecified atom stereocenters. The molecule has 2 aromatic rings. The maximum absolute atomic E-state index is 13.4. The van der Waals surface area contributed by atoms with Crippen LogP contribution in [0.1, 0.15) is 17.2 Å². The Morgan fingerprint density at radius 1 is 1.26 bits per heavy atom. The molecule has 3 rings (SSSR count). The lowest BCUT2D eigenvalue weighted by atomic mass is 9.92. The van der Waals surface area contributed by atoms with Crippen molar-refractivity contribution in [1.29, 1.82) is 0 Å². The van der Waals surface area contributed by atoms with Gasteiger partial charge in [-0.2, -0.15) is 0 Å². The highest BCUT2D eigenvalue weighted by molar-refractivity contribution is 9.10. The minimum Gasteiger partial charge on any atom is -0.485 e. The van der Waals surface area contributed by atoms with Crippen molar-refractivity contribution >= 4 is 40.8 Å². The molecule has 1 atom stereocenters. The van der Waals surface area contributed by atoms with Crippen LogP contribution >= 0.6 is 27.5 Å². The average Bonchev–Trinajstić information content (AvgIpc) is 2.71. The zero-order valence-electron chi connectivity index (χ0n) is 9.79. The average molecular weight is 337 g/mol. The van der Waals surface area contributed by atoms with E-state index in [1.54, 1.807) is 6.07 Å². The van der Waals surface area contributed by atoms with Crippen LogP contribution in [0.25, 0.3) is 0 Å². The fraction of sp³-hybridized carbons (Fsp3) is 0.143. The number of rotatable bonds is 1. The summed E-state index contributed by atoms with van der Waals surface area (Å²) in [6.07, 6.45) is 0.498. The molecule has 2 radical (unpaired) electrons. The van der Waals surface area contributed by atoms with E-state index in [0.29, 0.717) is 17.6 Å². The minimum absolute atomic E-state index is 0.122. The van der Waals surface area contributed by atoms with Crippen LogP contribution in [0.2, 0.25) is 5.02 Å². The topological polar surface area (TPSA) is 9.23 Å². The van der Waals surface area contributed by atoms with E-state index in [0.717, 1.165) is 15.6 Å². The Morgan fingerprint density at radius 2 is 2.05 bits per heavy atom. The summed E-state index contributed by atoms with van der Waals surface area (Å²) in [6.45, 7) is 0. The van der Waals surface area contributed by atoms with Crippen molar-refractivity contribution in [3.63, 3.8) is 0 Å². The highest BCUT2D eigenvalue weighted by Gasteiger charge is 2.26. The zero-order valence-corrected chi connectivity index (χ0v) is 12.1. The Kier molecular flexibility index (Phi) is 3.31. The van der Waals surface area contributed by atoms with E-state index < -0.39 is 5.82 Å². The summed E-state index contributed by atoms with van der Waals surface area (Å²) in [6, 6.07) is 8.58. The molecule has 1 heterocycles. The molecule has 94 valence electrons. The summed E-state index contributed by atoms with van der Waals surface area (Å²) in [5, 5.41) is 0.122. The van der Waals surface area contributed by atoms with Crippen LogP contribution in [0.3, 0.4) is 0 Å². The van der Waals surface area contributed by atoms with E-state index in [2.05, 4.69) is 15.9 Å². The van der Waals surface area contributed by atoms with Crippen molar-refractivity contribution in [2.75, 3.05) is 0 Å². The number of fused-ring (bicyclic) bond motifs is 1. The van der Waals surface area contributed by atoms with Gasteiger partial charge in [0.25, 0.3) is 0 Å². The summed E-state index contributed by atoms with van der Waals surface area (Å²) in [7, 11) is 5.81. The van der Waals surface area contributed by atoms with E-state index in [1.165, 1.54) is 6.07 Å². The number of hydrogen-bond acceptors (Lipinski definition) is 1. The smallest absolute Gasteiger partial charge is 0.145 e.